The Kier molecular flexibility index (Phi) is 3.15. The van der Waals surface area contributed by atoms with Crippen LogP contribution in [0.25, 0.3) is 0 Å². The summed E-state index contributed by atoms with van der Waals surface area (Å²) in [7, 11) is 1.97. The Morgan fingerprint density at radius 3 is 3.05 bits per heavy atom. The summed E-state index contributed by atoms with van der Waals surface area (Å²) >= 11 is 0. The van der Waals surface area contributed by atoms with Gasteiger partial charge in [-0.1, -0.05) is 18.2 Å². The van der Waals surface area contributed by atoms with Gasteiger partial charge in [-0.25, -0.2) is 0 Å². The fourth-order valence-corrected chi connectivity index (χ4v) is 2.77. The van der Waals surface area contributed by atoms with Crippen molar-refractivity contribution in [3.63, 3.8) is 0 Å². The summed E-state index contributed by atoms with van der Waals surface area (Å²) in [6.45, 7) is 4.04. The Morgan fingerprint density at radius 1 is 1.42 bits per heavy atom. The first-order valence-corrected chi connectivity index (χ1v) is 6.81. The first kappa shape index (κ1) is 12.1. The van der Waals surface area contributed by atoms with Crippen molar-refractivity contribution in [1.29, 1.82) is 0 Å². The highest BCUT2D eigenvalue weighted by Gasteiger charge is 2.20. The number of anilines is 2. The first-order chi connectivity index (χ1) is 9.24. The fourth-order valence-electron chi connectivity index (χ4n) is 2.77. The summed E-state index contributed by atoms with van der Waals surface area (Å²) in [5.41, 5.74) is 3.80. The van der Waals surface area contributed by atoms with Crippen molar-refractivity contribution in [3.05, 3.63) is 41.6 Å². The maximum absolute atomic E-state index is 4.34. The monoisotopic (exact) mass is 256 g/mol. The number of hydrogen-bond acceptors (Lipinski definition) is 3. The molecule has 2 aromatic rings. The first-order valence-electron chi connectivity index (χ1n) is 6.81. The average Bonchev–Trinajstić information content (AvgIpc) is 2.94. The highest BCUT2D eigenvalue weighted by Crippen LogP contribution is 2.32. The lowest BCUT2D eigenvalue weighted by atomic mass is 9.98. The Balaban J connectivity index is 1.58. The molecule has 0 bridgehead atoms. The van der Waals surface area contributed by atoms with Crippen molar-refractivity contribution >= 4 is 11.5 Å². The van der Waals surface area contributed by atoms with Gasteiger partial charge in [0.25, 0.3) is 0 Å². The van der Waals surface area contributed by atoms with Crippen LogP contribution in [0.4, 0.5) is 11.5 Å². The average molecular weight is 256 g/mol. The SMILES string of the molecule is Cc1cc(NCCC2CNc3ccccc32)n(C)n1. The van der Waals surface area contributed by atoms with Crippen molar-refractivity contribution in [3.8, 4) is 0 Å². The zero-order chi connectivity index (χ0) is 13.2. The molecule has 0 saturated carbocycles. The summed E-state index contributed by atoms with van der Waals surface area (Å²) < 4.78 is 1.90. The maximum atomic E-state index is 4.34. The Bertz CT molecular complexity index is 573. The largest absolute Gasteiger partial charge is 0.384 e. The molecular formula is C15H20N4. The standard InChI is InChI=1S/C15H20N4/c1-11-9-15(19(2)18-11)16-8-7-12-10-17-14-6-4-3-5-13(12)14/h3-6,9,12,16-17H,7-8,10H2,1-2H3. The van der Waals surface area contributed by atoms with Crippen LogP contribution in [0.1, 0.15) is 23.6 Å². The summed E-state index contributed by atoms with van der Waals surface area (Å²) in [6.07, 6.45) is 1.13. The maximum Gasteiger partial charge on any atom is 0.124 e. The van der Waals surface area contributed by atoms with Gasteiger partial charge in [0.05, 0.1) is 5.69 Å². The van der Waals surface area contributed by atoms with Crippen molar-refractivity contribution in [1.82, 2.24) is 9.78 Å². The lowest BCUT2D eigenvalue weighted by Crippen LogP contribution is -2.11. The molecule has 0 aliphatic carbocycles. The molecule has 1 atom stereocenters. The highest BCUT2D eigenvalue weighted by molar-refractivity contribution is 5.57. The van der Waals surface area contributed by atoms with Gasteiger partial charge < -0.3 is 10.6 Å². The minimum absolute atomic E-state index is 0.609. The third-order valence-corrected chi connectivity index (χ3v) is 3.74. The summed E-state index contributed by atoms with van der Waals surface area (Å²) in [5, 5.41) is 11.3. The van der Waals surface area contributed by atoms with Gasteiger partial charge in [0.1, 0.15) is 5.82 Å². The van der Waals surface area contributed by atoms with Gasteiger partial charge in [0, 0.05) is 37.8 Å². The zero-order valence-corrected chi connectivity index (χ0v) is 11.5. The number of aromatic nitrogens is 2. The molecule has 0 radical (unpaired) electrons. The molecule has 2 N–H and O–H groups in total. The molecule has 0 saturated heterocycles. The molecular weight excluding hydrogens is 236 g/mol. The van der Waals surface area contributed by atoms with Crippen LogP contribution in [0.3, 0.4) is 0 Å². The molecule has 4 nitrogen and oxygen atoms in total. The van der Waals surface area contributed by atoms with E-state index in [4.69, 9.17) is 0 Å². The summed E-state index contributed by atoms with van der Waals surface area (Å²) in [4.78, 5) is 0. The fraction of sp³-hybridized carbons (Fsp3) is 0.400. The molecule has 0 spiro atoms. The second-order valence-corrected chi connectivity index (χ2v) is 5.18. The molecule has 0 fully saturated rings. The molecule has 3 rings (SSSR count). The summed E-state index contributed by atoms with van der Waals surface area (Å²) in [6, 6.07) is 10.7. The highest BCUT2D eigenvalue weighted by atomic mass is 15.3. The van der Waals surface area contributed by atoms with Gasteiger partial charge in [-0.05, 0) is 25.0 Å². The molecule has 1 aromatic carbocycles. The molecule has 1 aromatic heterocycles. The molecule has 0 amide bonds. The van der Waals surface area contributed by atoms with E-state index in [1.54, 1.807) is 0 Å². The smallest absolute Gasteiger partial charge is 0.124 e. The van der Waals surface area contributed by atoms with E-state index in [0.717, 1.165) is 31.0 Å². The van der Waals surface area contributed by atoms with Crippen molar-refractivity contribution in [2.75, 3.05) is 23.7 Å². The van der Waals surface area contributed by atoms with Gasteiger partial charge in [0.15, 0.2) is 0 Å². The van der Waals surface area contributed by atoms with E-state index in [-0.39, 0.29) is 0 Å². The van der Waals surface area contributed by atoms with Crippen molar-refractivity contribution < 1.29 is 0 Å². The zero-order valence-electron chi connectivity index (χ0n) is 11.5. The van der Waals surface area contributed by atoms with Gasteiger partial charge in [-0.3, -0.25) is 4.68 Å². The number of aryl methyl sites for hydroxylation is 2. The normalized spacial score (nSPS) is 17.1. The predicted molar refractivity (Wildman–Crippen MR) is 78.7 cm³/mol. The third-order valence-electron chi connectivity index (χ3n) is 3.74. The summed E-state index contributed by atoms with van der Waals surface area (Å²) in [5.74, 6) is 1.70. The number of rotatable bonds is 4. The number of benzene rings is 1. The Labute approximate surface area is 113 Å². The van der Waals surface area contributed by atoms with E-state index in [2.05, 4.69) is 46.1 Å². The van der Waals surface area contributed by atoms with Crippen LogP contribution in [-0.2, 0) is 7.05 Å². The second kappa shape index (κ2) is 4.96. The van der Waals surface area contributed by atoms with Crippen LogP contribution < -0.4 is 10.6 Å². The van der Waals surface area contributed by atoms with Crippen molar-refractivity contribution in [2.45, 2.75) is 19.3 Å². The van der Waals surface area contributed by atoms with Gasteiger partial charge in [-0.2, -0.15) is 5.10 Å². The van der Waals surface area contributed by atoms with Crippen LogP contribution in [0.15, 0.2) is 30.3 Å². The third kappa shape index (κ3) is 2.43. The van der Waals surface area contributed by atoms with Crippen molar-refractivity contribution in [2.24, 2.45) is 7.05 Å². The van der Waals surface area contributed by atoms with E-state index in [1.807, 2.05) is 18.7 Å². The van der Waals surface area contributed by atoms with E-state index in [9.17, 15) is 0 Å². The Hall–Kier alpha value is -1.97. The lowest BCUT2D eigenvalue weighted by Gasteiger charge is -2.11. The molecule has 19 heavy (non-hydrogen) atoms. The minimum atomic E-state index is 0.609. The van der Waals surface area contributed by atoms with Crippen LogP contribution >= 0.6 is 0 Å². The quantitative estimate of drug-likeness (QED) is 0.884. The topological polar surface area (TPSA) is 41.9 Å². The number of para-hydroxylation sites is 1. The number of nitrogens with one attached hydrogen (secondary N) is 2. The molecule has 4 heteroatoms. The van der Waals surface area contributed by atoms with Gasteiger partial charge >= 0.3 is 0 Å². The van der Waals surface area contributed by atoms with Gasteiger partial charge in [0.2, 0.25) is 0 Å². The molecule has 1 unspecified atom stereocenters. The molecule has 1 aliphatic heterocycles. The van der Waals surface area contributed by atoms with Crippen LogP contribution in [0, 0.1) is 6.92 Å². The van der Waals surface area contributed by atoms with Crippen LogP contribution in [-0.4, -0.2) is 22.9 Å². The van der Waals surface area contributed by atoms with Gasteiger partial charge in [-0.15, -0.1) is 0 Å². The van der Waals surface area contributed by atoms with E-state index in [0.29, 0.717) is 5.92 Å². The molecule has 100 valence electrons. The lowest BCUT2D eigenvalue weighted by molar-refractivity contribution is 0.691. The minimum Gasteiger partial charge on any atom is -0.384 e. The number of fused-ring (bicyclic) bond motifs is 1. The van der Waals surface area contributed by atoms with E-state index in [1.165, 1.54) is 11.3 Å². The number of nitrogens with zero attached hydrogens (tertiary/aromatic N) is 2. The number of hydrogen-bond donors (Lipinski definition) is 2. The molecule has 1 aliphatic rings. The van der Waals surface area contributed by atoms with Crippen LogP contribution in [0.5, 0.6) is 0 Å². The predicted octanol–water partition coefficient (Wildman–Crippen LogP) is 2.74. The van der Waals surface area contributed by atoms with E-state index >= 15 is 0 Å². The van der Waals surface area contributed by atoms with Crippen LogP contribution in [0.2, 0.25) is 0 Å². The molecule has 2 heterocycles. The van der Waals surface area contributed by atoms with E-state index < -0.39 is 0 Å². The Morgan fingerprint density at radius 2 is 2.26 bits per heavy atom. The second-order valence-electron chi connectivity index (χ2n) is 5.18.